The highest BCUT2D eigenvalue weighted by molar-refractivity contribution is 5.77. The zero-order valence-corrected chi connectivity index (χ0v) is 11.1. The van der Waals surface area contributed by atoms with Gasteiger partial charge in [-0.3, -0.25) is 9.59 Å². The summed E-state index contributed by atoms with van der Waals surface area (Å²) in [5.41, 5.74) is 0. The normalized spacial score (nSPS) is 14.4. The predicted molar refractivity (Wildman–Crippen MR) is 66.8 cm³/mol. The van der Waals surface area contributed by atoms with E-state index in [-0.39, 0.29) is 11.9 Å². The average molecular weight is 244 g/mol. The van der Waals surface area contributed by atoms with E-state index >= 15 is 0 Å². The van der Waals surface area contributed by atoms with Gasteiger partial charge in [-0.15, -0.1) is 0 Å². The molecule has 0 saturated heterocycles. The molecule has 5 nitrogen and oxygen atoms in total. The zero-order chi connectivity index (χ0) is 13.4. The van der Waals surface area contributed by atoms with Crippen molar-refractivity contribution < 1.29 is 14.7 Å². The molecule has 0 fully saturated rings. The minimum Gasteiger partial charge on any atom is -0.481 e. The Morgan fingerprint density at radius 2 is 1.76 bits per heavy atom. The lowest BCUT2D eigenvalue weighted by molar-refractivity contribution is -0.142. The van der Waals surface area contributed by atoms with Crippen LogP contribution in [0.1, 0.15) is 40.5 Å². The molecule has 100 valence electrons. The first-order valence-corrected chi connectivity index (χ1v) is 6.10. The summed E-state index contributed by atoms with van der Waals surface area (Å²) >= 11 is 0. The van der Waals surface area contributed by atoms with Gasteiger partial charge >= 0.3 is 5.97 Å². The minimum absolute atomic E-state index is 0.0869. The van der Waals surface area contributed by atoms with Gasteiger partial charge in [-0.25, -0.2) is 0 Å². The highest BCUT2D eigenvalue weighted by Gasteiger charge is 2.20. The molecule has 17 heavy (non-hydrogen) atoms. The second-order valence-electron chi connectivity index (χ2n) is 4.70. The second kappa shape index (κ2) is 8.06. The summed E-state index contributed by atoms with van der Waals surface area (Å²) in [6.45, 7) is 8.21. The van der Waals surface area contributed by atoms with Crippen molar-refractivity contribution in [1.82, 2.24) is 10.6 Å². The molecule has 0 aliphatic heterocycles. The number of amides is 1. The summed E-state index contributed by atoms with van der Waals surface area (Å²) in [5.74, 6) is -1.54. The van der Waals surface area contributed by atoms with Crippen LogP contribution >= 0.6 is 0 Å². The molecule has 0 radical (unpaired) electrons. The van der Waals surface area contributed by atoms with Gasteiger partial charge < -0.3 is 15.7 Å². The predicted octanol–water partition coefficient (Wildman–Crippen LogP) is 0.990. The first-order chi connectivity index (χ1) is 7.84. The van der Waals surface area contributed by atoms with Crippen molar-refractivity contribution in [2.75, 3.05) is 6.54 Å². The molecule has 0 aromatic carbocycles. The molecule has 0 aliphatic rings. The number of hydrogen-bond donors (Lipinski definition) is 3. The summed E-state index contributed by atoms with van der Waals surface area (Å²) in [6.07, 6.45) is 1.19. The van der Waals surface area contributed by atoms with Crippen molar-refractivity contribution in [3.05, 3.63) is 0 Å². The number of carbonyl (C=O) groups is 2. The number of hydrogen-bond acceptors (Lipinski definition) is 3. The van der Waals surface area contributed by atoms with E-state index in [2.05, 4.69) is 24.5 Å². The molecule has 0 rings (SSSR count). The number of carboxylic acids is 1. The Hall–Kier alpha value is -1.10. The highest BCUT2D eigenvalue weighted by atomic mass is 16.4. The van der Waals surface area contributed by atoms with Gasteiger partial charge in [0.2, 0.25) is 5.91 Å². The van der Waals surface area contributed by atoms with Gasteiger partial charge in [0.05, 0.1) is 5.92 Å². The lowest BCUT2D eigenvalue weighted by atomic mass is 10.0. The summed E-state index contributed by atoms with van der Waals surface area (Å²) in [7, 11) is 0. The molecule has 0 spiro atoms. The van der Waals surface area contributed by atoms with Crippen LogP contribution in [0.2, 0.25) is 0 Å². The van der Waals surface area contributed by atoms with Crippen LogP contribution in [0.15, 0.2) is 0 Å². The first kappa shape index (κ1) is 15.9. The molecule has 2 unspecified atom stereocenters. The van der Waals surface area contributed by atoms with Crippen molar-refractivity contribution in [3.8, 4) is 0 Å². The summed E-state index contributed by atoms with van der Waals surface area (Å²) in [5, 5.41) is 14.7. The van der Waals surface area contributed by atoms with Gasteiger partial charge in [-0.05, 0) is 26.8 Å². The van der Waals surface area contributed by atoms with Crippen LogP contribution < -0.4 is 10.6 Å². The lowest BCUT2D eigenvalue weighted by Gasteiger charge is -2.17. The molecular formula is C12H24N2O3. The molecule has 0 aliphatic carbocycles. The molecule has 0 bridgehead atoms. The Kier molecular flexibility index (Phi) is 7.54. The van der Waals surface area contributed by atoms with Crippen molar-refractivity contribution >= 4 is 11.9 Å². The topological polar surface area (TPSA) is 78.4 Å². The van der Waals surface area contributed by atoms with Gasteiger partial charge in [-0.1, -0.05) is 13.8 Å². The molecule has 0 saturated carbocycles. The molecule has 5 heteroatoms. The Labute approximate surface area is 103 Å². The Balaban J connectivity index is 3.75. The number of carboxylic acid groups (broad SMARTS) is 1. The van der Waals surface area contributed by atoms with E-state index in [0.29, 0.717) is 12.5 Å². The third-order valence-corrected chi connectivity index (χ3v) is 2.66. The van der Waals surface area contributed by atoms with E-state index in [1.54, 1.807) is 13.8 Å². The molecule has 2 atom stereocenters. The van der Waals surface area contributed by atoms with E-state index in [4.69, 9.17) is 5.11 Å². The zero-order valence-electron chi connectivity index (χ0n) is 11.1. The standard InChI is InChI=1S/C12H24N2O3/c1-8(2)13-7-5-6-11(15)14-10(4)9(3)12(16)17/h8-10,13H,5-7H2,1-4H3,(H,14,15)(H,16,17). The third-order valence-electron chi connectivity index (χ3n) is 2.66. The maximum atomic E-state index is 11.5. The molecule has 0 aromatic rings. The van der Waals surface area contributed by atoms with Gasteiger partial charge in [0, 0.05) is 18.5 Å². The van der Waals surface area contributed by atoms with Crippen LogP contribution in [0.25, 0.3) is 0 Å². The maximum absolute atomic E-state index is 11.5. The number of aliphatic carboxylic acids is 1. The Morgan fingerprint density at radius 3 is 2.24 bits per heavy atom. The van der Waals surface area contributed by atoms with E-state index in [9.17, 15) is 9.59 Å². The Morgan fingerprint density at radius 1 is 1.18 bits per heavy atom. The highest BCUT2D eigenvalue weighted by Crippen LogP contribution is 2.02. The molecule has 1 amide bonds. The number of nitrogens with one attached hydrogen (secondary N) is 2. The van der Waals surface area contributed by atoms with Crippen LogP contribution in [-0.4, -0.2) is 35.6 Å². The van der Waals surface area contributed by atoms with Crippen LogP contribution in [0.5, 0.6) is 0 Å². The van der Waals surface area contributed by atoms with E-state index in [1.807, 2.05) is 0 Å². The molecule has 0 heterocycles. The quantitative estimate of drug-likeness (QED) is 0.556. The number of rotatable bonds is 8. The minimum atomic E-state index is -0.890. The third kappa shape index (κ3) is 7.74. The molecule has 0 aromatic heterocycles. The fourth-order valence-corrected chi connectivity index (χ4v) is 1.30. The first-order valence-electron chi connectivity index (χ1n) is 6.10. The SMILES string of the molecule is CC(C)NCCCC(=O)NC(C)C(C)C(=O)O. The second-order valence-corrected chi connectivity index (χ2v) is 4.70. The van der Waals surface area contributed by atoms with Gasteiger partial charge in [0.1, 0.15) is 0 Å². The summed E-state index contributed by atoms with van der Waals surface area (Å²) < 4.78 is 0. The van der Waals surface area contributed by atoms with Gasteiger partial charge in [0.15, 0.2) is 0 Å². The average Bonchev–Trinajstić information content (AvgIpc) is 2.22. The van der Waals surface area contributed by atoms with Crippen molar-refractivity contribution in [2.24, 2.45) is 5.92 Å². The van der Waals surface area contributed by atoms with Gasteiger partial charge in [0.25, 0.3) is 0 Å². The van der Waals surface area contributed by atoms with Crippen LogP contribution in [0.4, 0.5) is 0 Å². The molecular weight excluding hydrogens is 220 g/mol. The molecule has 3 N–H and O–H groups in total. The van der Waals surface area contributed by atoms with Crippen LogP contribution in [0, 0.1) is 5.92 Å². The van der Waals surface area contributed by atoms with Crippen molar-refractivity contribution in [2.45, 2.75) is 52.6 Å². The van der Waals surface area contributed by atoms with E-state index in [1.165, 1.54) is 0 Å². The van der Waals surface area contributed by atoms with E-state index in [0.717, 1.165) is 13.0 Å². The monoisotopic (exact) mass is 244 g/mol. The van der Waals surface area contributed by atoms with Crippen LogP contribution in [-0.2, 0) is 9.59 Å². The largest absolute Gasteiger partial charge is 0.481 e. The Bertz CT molecular complexity index is 254. The lowest BCUT2D eigenvalue weighted by Crippen LogP contribution is -2.40. The summed E-state index contributed by atoms with van der Waals surface area (Å²) in [6, 6.07) is 0.0853. The van der Waals surface area contributed by atoms with Crippen molar-refractivity contribution in [3.63, 3.8) is 0 Å². The fraction of sp³-hybridized carbons (Fsp3) is 0.833. The van der Waals surface area contributed by atoms with Gasteiger partial charge in [-0.2, -0.15) is 0 Å². The van der Waals surface area contributed by atoms with Crippen molar-refractivity contribution in [1.29, 1.82) is 0 Å². The van der Waals surface area contributed by atoms with Crippen LogP contribution in [0.3, 0.4) is 0 Å². The fourth-order valence-electron chi connectivity index (χ4n) is 1.30. The number of carbonyl (C=O) groups excluding carboxylic acids is 1. The maximum Gasteiger partial charge on any atom is 0.308 e. The smallest absolute Gasteiger partial charge is 0.308 e. The summed E-state index contributed by atoms with van der Waals surface area (Å²) in [4.78, 5) is 22.2. The van der Waals surface area contributed by atoms with E-state index < -0.39 is 11.9 Å².